The lowest BCUT2D eigenvalue weighted by Crippen LogP contribution is -2.18. The van der Waals surface area contributed by atoms with Crippen molar-refractivity contribution in [1.82, 2.24) is 9.99 Å². The zero-order valence-corrected chi connectivity index (χ0v) is 24.0. The van der Waals surface area contributed by atoms with Crippen LogP contribution in [0, 0.1) is 0 Å². The molecule has 1 N–H and O–H groups in total. The van der Waals surface area contributed by atoms with Crippen LogP contribution >= 0.6 is 0 Å². The highest BCUT2D eigenvalue weighted by Gasteiger charge is 2.19. The lowest BCUT2D eigenvalue weighted by Gasteiger charge is -2.15. The first kappa shape index (κ1) is 27.5. The van der Waals surface area contributed by atoms with Gasteiger partial charge in [-0.05, 0) is 71.3 Å². The van der Waals surface area contributed by atoms with Crippen molar-refractivity contribution in [3.8, 4) is 39.7 Å². The van der Waals surface area contributed by atoms with Gasteiger partial charge in [0.1, 0.15) is 11.5 Å². The maximum absolute atomic E-state index is 13.3. The lowest BCUT2D eigenvalue weighted by atomic mass is 10.1. The van der Waals surface area contributed by atoms with Gasteiger partial charge in [-0.2, -0.15) is 5.10 Å². The van der Waals surface area contributed by atoms with Gasteiger partial charge in [-0.1, -0.05) is 84.9 Å². The number of nitrogens with zero attached hydrogens (tertiary/aromatic N) is 2. The zero-order valence-electron chi connectivity index (χ0n) is 24.0. The Kier molecular flexibility index (Phi) is 8.00. The van der Waals surface area contributed by atoms with Crippen molar-refractivity contribution in [2.45, 2.75) is 6.92 Å². The fourth-order valence-corrected chi connectivity index (χ4v) is 5.25. The topological polar surface area (TPSA) is 64.8 Å². The number of aromatic nitrogens is 1. The first-order valence-electron chi connectivity index (χ1n) is 14.2. The van der Waals surface area contributed by atoms with Crippen LogP contribution in [-0.2, 0) is 0 Å². The molecule has 0 spiro atoms. The first-order valence-corrected chi connectivity index (χ1v) is 14.2. The van der Waals surface area contributed by atoms with Gasteiger partial charge < -0.3 is 14.0 Å². The molecule has 0 aliphatic heterocycles. The molecule has 1 aromatic heterocycles. The van der Waals surface area contributed by atoms with Crippen LogP contribution in [0.15, 0.2) is 132 Å². The third-order valence-electron chi connectivity index (χ3n) is 7.24. The number of hydrogen-bond donors (Lipinski definition) is 1. The van der Waals surface area contributed by atoms with Crippen LogP contribution < -0.4 is 14.9 Å². The van der Waals surface area contributed by atoms with Crippen LogP contribution in [-0.4, -0.2) is 30.4 Å². The molecule has 1 heterocycles. The summed E-state index contributed by atoms with van der Waals surface area (Å²) in [5.74, 6) is 0.952. The Morgan fingerprint density at radius 1 is 0.791 bits per heavy atom. The van der Waals surface area contributed by atoms with Crippen LogP contribution in [0.4, 0.5) is 0 Å². The molecule has 6 rings (SSSR count). The van der Waals surface area contributed by atoms with Gasteiger partial charge >= 0.3 is 0 Å². The molecule has 0 atom stereocenters. The minimum absolute atomic E-state index is 0.352. The summed E-state index contributed by atoms with van der Waals surface area (Å²) in [7, 11) is 1.56. The smallest absolute Gasteiger partial charge is 0.275 e. The van der Waals surface area contributed by atoms with Crippen LogP contribution in [0.5, 0.6) is 11.5 Å². The summed E-state index contributed by atoms with van der Waals surface area (Å²) in [5, 5.41) is 6.37. The Balaban J connectivity index is 1.43. The Morgan fingerprint density at radius 3 is 2.07 bits per heavy atom. The number of amides is 1. The second kappa shape index (κ2) is 12.5. The van der Waals surface area contributed by atoms with E-state index in [1.165, 1.54) is 0 Å². The highest BCUT2D eigenvalue weighted by atomic mass is 16.5. The van der Waals surface area contributed by atoms with E-state index in [0.29, 0.717) is 17.9 Å². The van der Waals surface area contributed by atoms with E-state index in [1.54, 1.807) is 13.3 Å². The van der Waals surface area contributed by atoms with Crippen molar-refractivity contribution >= 4 is 22.9 Å². The zero-order chi connectivity index (χ0) is 29.6. The molecule has 0 fully saturated rings. The van der Waals surface area contributed by atoms with Crippen molar-refractivity contribution < 1.29 is 14.3 Å². The minimum atomic E-state index is -0.352. The van der Waals surface area contributed by atoms with Crippen molar-refractivity contribution in [3.63, 3.8) is 0 Å². The summed E-state index contributed by atoms with van der Waals surface area (Å²) in [4.78, 5) is 13.3. The molecule has 212 valence electrons. The number of carbonyl (C=O) groups is 1. The molecule has 0 saturated carbocycles. The van der Waals surface area contributed by atoms with E-state index in [4.69, 9.17) is 9.47 Å². The van der Waals surface area contributed by atoms with Gasteiger partial charge in [0.15, 0.2) is 0 Å². The van der Waals surface area contributed by atoms with Gasteiger partial charge in [-0.15, -0.1) is 0 Å². The molecule has 0 unspecified atom stereocenters. The van der Waals surface area contributed by atoms with Gasteiger partial charge in [-0.3, -0.25) is 4.79 Å². The molecule has 5 aromatic carbocycles. The van der Waals surface area contributed by atoms with Gasteiger partial charge in [0.05, 0.1) is 36.9 Å². The second-order valence-corrected chi connectivity index (χ2v) is 9.93. The molecule has 6 nitrogen and oxygen atoms in total. The van der Waals surface area contributed by atoms with Gasteiger partial charge in [0.2, 0.25) is 0 Å². The first-order chi connectivity index (χ1) is 21.2. The van der Waals surface area contributed by atoms with Crippen molar-refractivity contribution in [1.29, 1.82) is 0 Å². The van der Waals surface area contributed by atoms with Crippen LogP contribution in [0.25, 0.3) is 39.0 Å². The molecular formula is C37H31N3O3. The number of hydrogen-bond acceptors (Lipinski definition) is 4. The molecule has 43 heavy (non-hydrogen) atoms. The molecule has 6 heteroatoms. The highest BCUT2D eigenvalue weighted by Crippen LogP contribution is 2.36. The predicted molar refractivity (Wildman–Crippen MR) is 173 cm³/mol. The Labute approximate surface area is 250 Å². The van der Waals surface area contributed by atoms with E-state index in [0.717, 1.165) is 50.3 Å². The quantitative estimate of drug-likeness (QED) is 0.142. The molecular weight excluding hydrogens is 534 g/mol. The molecule has 1 amide bonds. The molecule has 6 aromatic rings. The van der Waals surface area contributed by atoms with Crippen molar-refractivity contribution in [2.24, 2.45) is 5.10 Å². The fourth-order valence-electron chi connectivity index (χ4n) is 5.25. The Morgan fingerprint density at radius 2 is 1.42 bits per heavy atom. The number of fused-ring (bicyclic) bond motifs is 1. The highest BCUT2D eigenvalue weighted by molar-refractivity contribution is 6.02. The SMILES string of the molecule is CCOc1ccc(-n2c(-c3ccccc3)cc(/C=N\NC(=O)c3cc4ccccc4cc3OC)c2-c2ccccc2)cc1. The maximum Gasteiger partial charge on any atom is 0.275 e. The monoisotopic (exact) mass is 565 g/mol. The van der Waals surface area contributed by atoms with Gasteiger partial charge in [0, 0.05) is 11.3 Å². The second-order valence-electron chi connectivity index (χ2n) is 9.93. The number of ether oxygens (including phenoxy) is 2. The molecule has 0 aliphatic rings. The number of benzene rings is 5. The van der Waals surface area contributed by atoms with E-state index >= 15 is 0 Å². The van der Waals surface area contributed by atoms with Gasteiger partial charge in [-0.25, -0.2) is 5.43 Å². The summed E-state index contributed by atoms with van der Waals surface area (Å²) in [6.07, 6.45) is 1.70. The predicted octanol–water partition coefficient (Wildman–Crippen LogP) is 8.14. The van der Waals surface area contributed by atoms with Crippen molar-refractivity contribution in [3.05, 3.63) is 139 Å². The molecule has 0 radical (unpaired) electrons. The van der Waals surface area contributed by atoms with E-state index < -0.39 is 0 Å². The van der Waals surface area contributed by atoms with E-state index in [-0.39, 0.29) is 5.91 Å². The minimum Gasteiger partial charge on any atom is -0.496 e. The van der Waals surface area contributed by atoms with Crippen LogP contribution in [0.3, 0.4) is 0 Å². The third kappa shape index (κ3) is 5.76. The van der Waals surface area contributed by atoms with Crippen molar-refractivity contribution in [2.75, 3.05) is 13.7 Å². The van der Waals surface area contributed by atoms with E-state index in [9.17, 15) is 4.79 Å². The number of rotatable bonds is 9. The van der Waals surface area contributed by atoms with E-state index in [2.05, 4.69) is 57.6 Å². The standard InChI is InChI=1S/C37H31N3O3/c1-3-43-32-20-18-31(19-21-32)40-34(26-12-6-4-7-13-26)23-30(36(40)27-14-8-5-9-15-27)25-38-39-37(41)33-22-28-16-10-11-17-29(28)24-35(33)42-2/h4-25H,3H2,1-2H3,(H,39,41)/b38-25-. The molecule has 0 aliphatic carbocycles. The summed E-state index contributed by atoms with van der Waals surface area (Å²) < 4.78 is 13.5. The maximum atomic E-state index is 13.3. The Hall–Kier alpha value is -5.62. The fraction of sp³-hybridized carbons (Fsp3) is 0.0811. The molecule has 0 saturated heterocycles. The summed E-state index contributed by atoms with van der Waals surface area (Å²) >= 11 is 0. The number of methoxy groups -OCH3 is 1. The van der Waals surface area contributed by atoms with E-state index in [1.807, 2.05) is 91.9 Å². The average Bonchev–Trinajstić information content (AvgIpc) is 3.44. The molecule has 0 bridgehead atoms. The van der Waals surface area contributed by atoms with Crippen LogP contribution in [0.1, 0.15) is 22.8 Å². The summed E-state index contributed by atoms with van der Waals surface area (Å²) in [6.45, 7) is 2.58. The lowest BCUT2D eigenvalue weighted by molar-refractivity contribution is 0.0952. The summed E-state index contributed by atoms with van der Waals surface area (Å²) in [5.41, 5.74) is 8.98. The summed E-state index contributed by atoms with van der Waals surface area (Å²) in [6, 6.07) is 42.1. The largest absolute Gasteiger partial charge is 0.496 e. The Bertz CT molecular complexity index is 1890. The number of nitrogens with one attached hydrogen (secondary N) is 1. The number of carbonyl (C=O) groups excluding carboxylic acids is 1. The third-order valence-corrected chi connectivity index (χ3v) is 7.24. The number of hydrazone groups is 1. The van der Waals surface area contributed by atoms with Gasteiger partial charge in [0.25, 0.3) is 5.91 Å². The van der Waals surface area contributed by atoms with Crippen LogP contribution in [0.2, 0.25) is 0 Å². The average molecular weight is 566 g/mol. The normalized spacial score (nSPS) is 11.1.